The first-order valence-corrected chi connectivity index (χ1v) is 6.31. The maximum absolute atomic E-state index is 12.1. The first-order valence-electron chi connectivity index (χ1n) is 6.31. The van der Waals surface area contributed by atoms with Gasteiger partial charge in [-0.25, -0.2) is 0 Å². The zero-order valence-corrected chi connectivity index (χ0v) is 9.78. The van der Waals surface area contributed by atoms with Crippen LogP contribution in [-0.4, -0.2) is 5.78 Å². The topological polar surface area (TPSA) is 17.1 Å². The Balaban J connectivity index is 1.66. The predicted octanol–water partition coefficient (Wildman–Crippen LogP) is 3.15. The van der Waals surface area contributed by atoms with Crippen molar-refractivity contribution in [2.75, 3.05) is 0 Å². The maximum atomic E-state index is 12.1. The van der Waals surface area contributed by atoms with Gasteiger partial charge in [0.1, 0.15) is 5.78 Å². The van der Waals surface area contributed by atoms with Gasteiger partial charge in [0.2, 0.25) is 0 Å². The molecule has 0 bridgehead atoms. The van der Waals surface area contributed by atoms with Gasteiger partial charge in [-0.15, -0.1) is 0 Å². The lowest BCUT2D eigenvalue weighted by molar-refractivity contribution is -0.122. The van der Waals surface area contributed by atoms with E-state index in [1.807, 2.05) is 12.1 Å². The summed E-state index contributed by atoms with van der Waals surface area (Å²) in [5.41, 5.74) is 2.46. The van der Waals surface area contributed by atoms with E-state index in [1.54, 1.807) is 0 Å². The summed E-state index contributed by atoms with van der Waals surface area (Å²) in [5.74, 6) is 2.67. The molecule has 84 valence electrons. The molecule has 1 aromatic rings. The normalized spacial score (nSPS) is 31.2. The van der Waals surface area contributed by atoms with Gasteiger partial charge < -0.3 is 0 Å². The highest BCUT2D eigenvalue weighted by Crippen LogP contribution is 2.54. The Morgan fingerprint density at radius 3 is 2.56 bits per heavy atom. The van der Waals surface area contributed by atoms with Gasteiger partial charge >= 0.3 is 0 Å². The maximum Gasteiger partial charge on any atom is 0.140 e. The van der Waals surface area contributed by atoms with Crippen LogP contribution in [0.4, 0.5) is 0 Å². The van der Waals surface area contributed by atoms with Gasteiger partial charge in [-0.3, -0.25) is 4.79 Å². The molecule has 2 saturated carbocycles. The molecule has 2 aliphatic rings. The van der Waals surface area contributed by atoms with Gasteiger partial charge in [-0.1, -0.05) is 24.3 Å². The van der Waals surface area contributed by atoms with Crippen LogP contribution in [0.3, 0.4) is 0 Å². The average molecular weight is 214 g/mol. The number of carbonyl (C=O) groups excluding carboxylic acids is 1. The molecule has 2 atom stereocenters. The average Bonchev–Trinajstić information content (AvgIpc) is 2.89. The van der Waals surface area contributed by atoms with E-state index in [-0.39, 0.29) is 0 Å². The molecule has 0 radical (unpaired) electrons. The van der Waals surface area contributed by atoms with Crippen molar-refractivity contribution in [1.29, 1.82) is 0 Å². The van der Waals surface area contributed by atoms with Gasteiger partial charge in [0.25, 0.3) is 0 Å². The lowest BCUT2D eigenvalue weighted by atomic mass is 9.92. The second kappa shape index (κ2) is 3.73. The van der Waals surface area contributed by atoms with Gasteiger partial charge in [-0.05, 0) is 49.1 Å². The number of rotatable bonds is 3. The van der Waals surface area contributed by atoms with Crippen molar-refractivity contribution in [2.24, 2.45) is 17.8 Å². The Kier molecular flexibility index (Phi) is 2.34. The van der Waals surface area contributed by atoms with Gasteiger partial charge in [0.15, 0.2) is 0 Å². The third kappa shape index (κ3) is 1.79. The molecule has 16 heavy (non-hydrogen) atoms. The standard InChI is InChI=1S/C15H18O/c1-10-4-2-3-5-11(10)9-15(16)14-7-12-6-13(12)8-14/h2-5,12-14H,6-9H2,1H3. The van der Waals surface area contributed by atoms with Crippen molar-refractivity contribution in [3.05, 3.63) is 35.4 Å². The van der Waals surface area contributed by atoms with E-state index in [0.29, 0.717) is 18.1 Å². The molecule has 0 heterocycles. The molecule has 2 fully saturated rings. The summed E-state index contributed by atoms with van der Waals surface area (Å²) in [6.45, 7) is 2.09. The zero-order valence-electron chi connectivity index (χ0n) is 9.78. The second-order valence-corrected chi connectivity index (χ2v) is 5.49. The molecular formula is C15H18O. The zero-order chi connectivity index (χ0) is 11.1. The van der Waals surface area contributed by atoms with Crippen LogP contribution in [0, 0.1) is 24.7 Å². The minimum Gasteiger partial charge on any atom is -0.299 e. The molecule has 2 unspecified atom stereocenters. The van der Waals surface area contributed by atoms with Crippen molar-refractivity contribution in [1.82, 2.24) is 0 Å². The fourth-order valence-corrected chi connectivity index (χ4v) is 3.12. The molecule has 3 rings (SSSR count). The highest BCUT2D eigenvalue weighted by Gasteiger charge is 2.47. The Labute approximate surface area is 96.9 Å². The quantitative estimate of drug-likeness (QED) is 0.755. The number of Topliss-reactive ketones (excluding diaryl/α,β-unsaturated/α-hetero) is 1. The molecule has 1 nitrogen and oxygen atoms in total. The summed E-state index contributed by atoms with van der Waals surface area (Å²) in [5, 5.41) is 0. The van der Waals surface area contributed by atoms with E-state index >= 15 is 0 Å². The third-order valence-corrected chi connectivity index (χ3v) is 4.32. The van der Waals surface area contributed by atoms with Crippen LogP contribution in [-0.2, 0) is 11.2 Å². The molecule has 1 aromatic carbocycles. The summed E-state index contributed by atoms with van der Waals surface area (Å²) >= 11 is 0. The van der Waals surface area contributed by atoms with E-state index in [9.17, 15) is 4.79 Å². The van der Waals surface area contributed by atoms with Crippen molar-refractivity contribution >= 4 is 5.78 Å². The van der Waals surface area contributed by atoms with E-state index in [1.165, 1.54) is 30.4 Å². The minimum absolute atomic E-state index is 0.378. The van der Waals surface area contributed by atoms with Gasteiger partial charge in [0.05, 0.1) is 0 Å². The fourth-order valence-electron chi connectivity index (χ4n) is 3.12. The highest BCUT2D eigenvalue weighted by molar-refractivity contribution is 5.84. The Hall–Kier alpha value is -1.11. The molecule has 0 spiro atoms. The van der Waals surface area contributed by atoms with E-state index in [4.69, 9.17) is 0 Å². The van der Waals surface area contributed by atoms with Crippen molar-refractivity contribution in [3.63, 3.8) is 0 Å². The van der Waals surface area contributed by atoms with Crippen LogP contribution in [0.2, 0.25) is 0 Å². The van der Waals surface area contributed by atoms with Crippen molar-refractivity contribution in [2.45, 2.75) is 32.6 Å². The summed E-state index contributed by atoms with van der Waals surface area (Å²) in [7, 11) is 0. The first-order chi connectivity index (χ1) is 7.74. The van der Waals surface area contributed by atoms with Crippen LogP contribution in [0.15, 0.2) is 24.3 Å². The van der Waals surface area contributed by atoms with Crippen molar-refractivity contribution in [3.8, 4) is 0 Å². The van der Waals surface area contributed by atoms with E-state index in [0.717, 1.165) is 11.8 Å². The van der Waals surface area contributed by atoms with Crippen LogP contribution in [0.1, 0.15) is 30.4 Å². The van der Waals surface area contributed by atoms with Crippen LogP contribution < -0.4 is 0 Å². The minimum atomic E-state index is 0.378. The molecule has 0 amide bonds. The van der Waals surface area contributed by atoms with E-state index in [2.05, 4.69) is 19.1 Å². The number of ketones is 1. The summed E-state index contributed by atoms with van der Waals surface area (Å²) < 4.78 is 0. The first kappa shape index (κ1) is 10.1. The molecular weight excluding hydrogens is 196 g/mol. The van der Waals surface area contributed by atoms with Crippen LogP contribution in [0.5, 0.6) is 0 Å². The Bertz CT molecular complexity index is 411. The summed E-state index contributed by atoms with van der Waals surface area (Å²) in [6.07, 6.45) is 4.40. The summed E-state index contributed by atoms with van der Waals surface area (Å²) in [4.78, 5) is 12.1. The fraction of sp³-hybridized carbons (Fsp3) is 0.533. The molecule has 0 N–H and O–H groups in total. The van der Waals surface area contributed by atoms with Crippen LogP contribution in [0.25, 0.3) is 0 Å². The lowest BCUT2D eigenvalue weighted by Gasteiger charge is -2.11. The molecule has 0 aliphatic heterocycles. The number of hydrogen-bond acceptors (Lipinski definition) is 1. The SMILES string of the molecule is Cc1ccccc1CC(=O)C1CC2CC2C1. The van der Waals surface area contributed by atoms with Crippen LogP contribution >= 0.6 is 0 Å². The predicted molar refractivity (Wildman–Crippen MR) is 64.2 cm³/mol. The van der Waals surface area contributed by atoms with Gasteiger partial charge in [0, 0.05) is 12.3 Å². The molecule has 0 aromatic heterocycles. The monoisotopic (exact) mass is 214 g/mol. The Morgan fingerprint density at radius 1 is 1.19 bits per heavy atom. The molecule has 1 heteroatoms. The second-order valence-electron chi connectivity index (χ2n) is 5.49. The van der Waals surface area contributed by atoms with E-state index < -0.39 is 0 Å². The highest BCUT2D eigenvalue weighted by atomic mass is 16.1. The smallest absolute Gasteiger partial charge is 0.140 e. The number of carbonyl (C=O) groups is 1. The van der Waals surface area contributed by atoms with Crippen molar-refractivity contribution < 1.29 is 4.79 Å². The number of aryl methyl sites for hydroxylation is 1. The number of fused-ring (bicyclic) bond motifs is 1. The number of benzene rings is 1. The molecule has 2 aliphatic carbocycles. The third-order valence-electron chi connectivity index (χ3n) is 4.32. The summed E-state index contributed by atoms with van der Waals surface area (Å²) in [6, 6.07) is 8.24. The molecule has 0 saturated heterocycles. The van der Waals surface area contributed by atoms with Gasteiger partial charge in [-0.2, -0.15) is 0 Å². The Morgan fingerprint density at radius 2 is 1.88 bits per heavy atom. The number of hydrogen-bond donors (Lipinski definition) is 0. The largest absolute Gasteiger partial charge is 0.299 e. The lowest BCUT2D eigenvalue weighted by Crippen LogP contribution is -2.15.